The van der Waals surface area contributed by atoms with E-state index in [0.29, 0.717) is 35.0 Å². The minimum atomic E-state index is -0.0238. The van der Waals surface area contributed by atoms with Crippen molar-refractivity contribution in [1.29, 1.82) is 0 Å². The van der Waals surface area contributed by atoms with Crippen LogP contribution in [0, 0.1) is 0 Å². The number of furan rings is 1. The van der Waals surface area contributed by atoms with Crippen LogP contribution in [0.5, 0.6) is 0 Å². The zero-order valence-electron chi connectivity index (χ0n) is 15.8. The third kappa shape index (κ3) is 3.96. The molecule has 0 saturated carbocycles. The molecule has 0 aliphatic rings. The summed E-state index contributed by atoms with van der Waals surface area (Å²) in [6.45, 7) is 6.82. The Bertz CT molecular complexity index is 1100. The highest BCUT2D eigenvalue weighted by Crippen LogP contribution is 2.30. The minimum Gasteiger partial charge on any atom is -0.461 e. The van der Waals surface area contributed by atoms with E-state index < -0.39 is 0 Å². The molecule has 3 heterocycles. The topological polar surface area (TPSA) is 77.1 Å². The molecule has 0 bridgehead atoms. The fourth-order valence-electron chi connectivity index (χ4n) is 2.88. The Hall–Kier alpha value is -2.91. The molecule has 0 atom stereocenters. The first-order valence-corrected chi connectivity index (χ1v) is 10.9. The van der Waals surface area contributed by atoms with Crippen LogP contribution in [-0.2, 0) is 11.3 Å². The summed E-state index contributed by atoms with van der Waals surface area (Å²) in [5.74, 6) is 1.45. The van der Waals surface area contributed by atoms with Gasteiger partial charge in [-0.2, -0.15) is 0 Å². The summed E-state index contributed by atoms with van der Waals surface area (Å²) < 4.78 is 8.39. The smallest absolute Gasteiger partial charge is 0.239 e. The minimum absolute atomic E-state index is 0.0238. The molecule has 0 unspecified atom stereocenters. The van der Waals surface area contributed by atoms with E-state index in [9.17, 15) is 4.79 Å². The van der Waals surface area contributed by atoms with Gasteiger partial charge in [0.15, 0.2) is 16.0 Å². The summed E-state index contributed by atoms with van der Waals surface area (Å²) in [4.78, 5) is 19.2. The van der Waals surface area contributed by atoms with Gasteiger partial charge in [0.05, 0.1) is 22.2 Å². The molecule has 1 aromatic carbocycles. The van der Waals surface area contributed by atoms with Gasteiger partial charge in [-0.3, -0.25) is 14.3 Å². The summed E-state index contributed by atoms with van der Waals surface area (Å²) in [7, 11) is 0. The third-order valence-electron chi connectivity index (χ3n) is 4.23. The fourth-order valence-corrected chi connectivity index (χ4v) is 4.75. The largest absolute Gasteiger partial charge is 0.461 e. The number of carbonyl (C=O) groups excluding carboxylic acids is 1. The summed E-state index contributed by atoms with van der Waals surface area (Å²) >= 11 is 2.86. The Morgan fingerprint density at radius 2 is 2.17 bits per heavy atom. The van der Waals surface area contributed by atoms with Crippen LogP contribution in [0.1, 0.15) is 6.92 Å². The Kier molecular flexibility index (Phi) is 5.77. The number of aromatic nitrogens is 4. The number of hydrogen-bond acceptors (Lipinski definition) is 7. The summed E-state index contributed by atoms with van der Waals surface area (Å²) in [5.41, 5.74) is 0.903. The van der Waals surface area contributed by atoms with Gasteiger partial charge in [0.1, 0.15) is 0 Å². The van der Waals surface area contributed by atoms with Crippen LogP contribution >= 0.6 is 23.1 Å². The van der Waals surface area contributed by atoms with Crippen LogP contribution in [0.4, 0.5) is 5.13 Å². The molecular formula is C20H19N5O2S2. The number of allylic oxidation sites excluding steroid dienone is 1. The molecule has 4 aromatic rings. The molecule has 9 heteroatoms. The number of thioether (sulfide) groups is 1. The normalized spacial score (nSPS) is 11.1. The molecule has 148 valence electrons. The van der Waals surface area contributed by atoms with Gasteiger partial charge in [0.25, 0.3) is 0 Å². The predicted octanol–water partition coefficient (Wildman–Crippen LogP) is 4.48. The van der Waals surface area contributed by atoms with Crippen molar-refractivity contribution in [3.8, 4) is 11.6 Å². The maximum atomic E-state index is 12.9. The third-order valence-corrected chi connectivity index (χ3v) is 6.24. The molecule has 0 aliphatic carbocycles. The number of thiazole rings is 1. The molecule has 0 saturated heterocycles. The average molecular weight is 426 g/mol. The quantitative estimate of drug-likeness (QED) is 0.306. The van der Waals surface area contributed by atoms with E-state index in [4.69, 9.17) is 4.42 Å². The van der Waals surface area contributed by atoms with E-state index in [2.05, 4.69) is 21.8 Å². The number of carbonyl (C=O) groups is 1. The van der Waals surface area contributed by atoms with Crippen molar-refractivity contribution in [2.24, 2.45) is 0 Å². The molecule has 1 amide bonds. The van der Waals surface area contributed by atoms with Gasteiger partial charge >= 0.3 is 0 Å². The highest BCUT2D eigenvalue weighted by atomic mass is 32.2. The van der Waals surface area contributed by atoms with Crippen molar-refractivity contribution < 1.29 is 9.21 Å². The number of hydrogen-bond donors (Lipinski definition) is 0. The molecule has 4 rings (SSSR count). The van der Waals surface area contributed by atoms with Gasteiger partial charge in [0, 0.05) is 13.1 Å². The molecule has 29 heavy (non-hydrogen) atoms. The molecule has 0 aliphatic heterocycles. The number of nitrogens with zero attached hydrogens (tertiary/aromatic N) is 5. The maximum absolute atomic E-state index is 12.9. The van der Waals surface area contributed by atoms with Gasteiger partial charge in [-0.25, -0.2) is 4.98 Å². The Labute approximate surface area is 176 Å². The van der Waals surface area contributed by atoms with Crippen molar-refractivity contribution >= 4 is 44.4 Å². The van der Waals surface area contributed by atoms with Gasteiger partial charge in [-0.1, -0.05) is 41.3 Å². The lowest BCUT2D eigenvalue weighted by Crippen LogP contribution is -2.32. The van der Waals surface area contributed by atoms with Crippen LogP contribution < -0.4 is 4.90 Å². The molecular weight excluding hydrogens is 406 g/mol. The highest BCUT2D eigenvalue weighted by Gasteiger charge is 2.21. The van der Waals surface area contributed by atoms with Crippen molar-refractivity contribution in [2.45, 2.75) is 18.6 Å². The van der Waals surface area contributed by atoms with E-state index in [1.807, 2.05) is 41.8 Å². The molecule has 0 spiro atoms. The number of fused-ring (bicyclic) bond motifs is 1. The van der Waals surface area contributed by atoms with Gasteiger partial charge < -0.3 is 4.42 Å². The first-order valence-electron chi connectivity index (χ1n) is 9.08. The van der Waals surface area contributed by atoms with Crippen molar-refractivity contribution in [3.63, 3.8) is 0 Å². The van der Waals surface area contributed by atoms with E-state index in [-0.39, 0.29) is 11.7 Å². The zero-order valence-corrected chi connectivity index (χ0v) is 17.4. The van der Waals surface area contributed by atoms with Crippen molar-refractivity contribution in [3.05, 3.63) is 55.3 Å². The lowest BCUT2D eigenvalue weighted by Gasteiger charge is -2.17. The van der Waals surface area contributed by atoms with E-state index >= 15 is 0 Å². The SMILES string of the molecule is C=CCn1c(SCC(=O)N(CC)c2nc3ccccc3s2)nnc1-c1ccco1. The van der Waals surface area contributed by atoms with E-state index in [1.165, 1.54) is 23.1 Å². The van der Waals surface area contributed by atoms with E-state index in [0.717, 1.165) is 10.2 Å². The molecule has 0 N–H and O–H groups in total. The number of amides is 1. The first-order chi connectivity index (χ1) is 14.2. The Balaban J connectivity index is 1.52. The summed E-state index contributed by atoms with van der Waals surface area (Å²) in [6, 6.07) is 11.5. The van der Waals surface area contributed by atoms with Crippen LogP contribution in [0.15, 0.2) is 64.9 Å². The fraction of sp³-hybridized carbons (Fsp3) is 0.200. The highest BCUT2D eigenvalue weighted by molar-refractivity contribution is 7.99. The standard InChI is InChI=1S/C20H19N5O2S2/c1-3-11-25-18(15-9-7-12-27-15)22-23-20(25)28-13-17(26)24(4-2)19-21-14-8-5-6-10-16(14)29-19/h3,5-10,12H,1,4,11,13H2,2H3. The Morgan fingerprint density at radius 1 is 1.31 bits per heavy atom. The second-order valence-electron chi connectivity index (χ2n) is 6.07. The monoisotopic (exact) mass is 425 g/mol. The number of rotatable bonds is 8. The van der Waals surface area contributed by atoms with Crippen molar-refractivity contribution in [1.82, 2.24) is 19.7 Å². The summed E-state index contributed by atoms with van der Waals surface area (Å²) in [5, 5.41) is 9.82. The van der Waals surface area contributed by atoms with Gasteiger partial charge in [0.2, 0.25) is 11.7 Å². The number of anilines is 1. The molecule has 3 aromatic heterocycles. The van der Waals surface area contributed by atoms with Gasteiger partial charge in [-0.15, -0.1) is 16.8 Å². The second kappa shape index (κ2) is 8.62. The van der Waals surface area contributed by atoms with Crippen LogP contribution in [0.3, 0.4) is 0 Å². The zero-order chi connectivity index (χ0) is 20.2. The summed E-state index contributed by atoms with van der Waals surface area (Å²) in [6.07, 6.45) is 3.36. The number of para-hydroxylation sites is 1. The second-order valence-corrected chi connectivity index (χ2v) is 8.03. The molecule has 0 fully saturated rings. The average Bonchev–Trinajstić information content (AvgIpc) is 3.46. The van der Waals surface area contributed by atoms with E-state index in [1.54, 1.807) is 23.3 Å². The first kappa shape index (κ1) is 19.4. The molecule has 0 radical (unpaired) electrons. The van der Waals surface area contributed by atoms with Gasteiger partial charge in [-0.05, 0) is 31.2 Å². The van der Waals surface area contributed by atoms with Crippen LogP contribution in [-0.4, -0.2) is 38.0 Å². The lowest BCUT2D eigenvalue weighted by molar-refractivity contribution is -0.116. The lowest BCUT2D eigenvalue weighted by atomic mass is 10.3. The Morgan fingerprint density at radius 3 is 2.90 bits per heavy atom. The maximum Gasteiger partial charge on any atom is 0.239 e. The van der Waals surface area contributed by atoms with Crippen LogP contribution in [0.2, 0.25) is 0 Å². The predicted molar refractivity (Wildman–Crippen MR) is 116 cm³/mol. The number of benzene rings is 1. The van der Waals surface area contributed by atoms with Crippen LogP contribution in [0.25, 0.3) is 21.8 Å². The molecule has 7 nitrogen and oxygen atoms in total. The van der Waals surface area contributed by atoms with Crippen molar-refractivity contribution in [2.75, 3.05) is 17.2 Å².